The molecule has 2 N–H and O–H groups in total. The first-order valence-electron chi connectivity index (χ1n) is 6.33. The van der Waals surface area contributed by atoms with Crippen LogP contribution in [0.1, 0.15) is 25.0 Å². The average Bonchev–Trinajstić information content (AvgIpc) is 2.39. The standard InChI is InChI=1S/C13H20ClNO4S/c1-4-19-9(2)7-15-20(17,18)13-6-12(14)5-11(8-16)10(13)3/h5-6,9,15-16H,4,7-8H2,1-3H3. The quantitative estimate of drug-likeness (QED) is 0.803. The Hall–Kier alpha value is -0.660. The van der Waals surface area contributed by atoms with E-state index in [4.69, 9.17) is 16.3 Å². The first-order valence-corrected chi connectivity index (χ1v) is 8.19. The second-order valence-electron chi connectivity index (χ2n) is 4.46. The van der Waals surface area contributed by atoms with Crippen LogP contribution in [0.15, 0.2) is 17.0 Å². The van der Waals surface area contributed by atoms with Crippen LogP contribution in [-0.2, 0) is 21.4 Å². The predicted molar refractivity (Wildman–Crippen MR) is 78.4 cm³/mol. The third kappa shape index (κ3) is 4.43. The molecule has 20 heavy (non-hydrogen) atoms. The Morgan fingerprint density at radius 3 is 2.65 bits per heavy atom. The van der Waals surface area contributed by atoms with E-state index in [1.165, 1.54) is 6.07 Å². The molecule has 0 aromatic heterocycles. The van der Waals surface area contributed by atoms with E-state index in [1.807, 2.05) is 6.92 Å². The van der Waals surface area contributed by atoms with E-state index >= 15 is 0 Å². The summed E-state index contributed by atoms with van der Waals surface area (Å²) in [5.74, 6) is 0. The number of sulfonamides is 1. The van der Waals surface area contributed by atoms with Gasteiger partial charge >= 0.3 is 0 Å². The third-order valence-corrected chi connectivity index (χ3v) is 4.67. The molecule has 5 nitrogen and oxygen atoms in total. The van der Waals surface area contributed by atoms with Crippen LogP contribution in [0.2, 0.25) is 5.02 Å². The van der Waals surface area contributed by atoms with Gasteiger partial charge in [0.1, 0.15) is 0 Å². The molecule has 0 heterocycles. The Morgan fingerprint density at radius 2 is 2.10 bits per heavy atom. The second kappa shape index (κ2) is 7.38. The fourth-order valence-electron chi connectivity index (χ4n) is 1.80. The van der Waals surface area contributed by atoms with Crippen molar-refractivity contribution in [1.82, 2.24) is 4.72 Å². The number of rotatable bonds is 7. The summed E-state index contributed by atoms with van der Waals surface area (Å²) in [4.78, 5) is 0.0812. The minimum Gasteiger partial charge on any atom is -0.392 e. The molecule has 7 heteroatoms. The van der Waals surface area contributed by atoms with E-state index in [1.54, 1.807) is 19.9 Å². The van der Waals surface area contributed by atoms with Crippen molar-refractivity contribution in [3.8, 4) is 0 Å². The molecule has 1 aromatic carbocycles. The topological polar surface area (TPSA) is 75.6 Å². The van der Waals surface area contributed by atoms with E-state index in [0.29, 0.717) is 17.7 Å². The number of hydrogen-bond donors (Lipinski definition) is 2. The van der Waals surface area contributed by atoms with Gasteiger partial charge in [-0.1, -0.05) is 11.6 Å². The molecular formula is C13H20ClNO4S. The molecule has 0 spiro atoms. The van der Waals surface area contributed by atoms with Gasteiger partial charge in [-0.2, -0.15) is 0 Å². The lowest BCUT2D eigenvalue weighted by molar-refractivity contribution is 0.0799. The van der Waals surface area contributed by atoms with Crippen LogP contribution in [0.5, 0.6) is 0 Å². The molecule has 0 saturated heterocycles. The smallest absolute Gasteiger partial charge is 0.240 e. The maximum absolute atomic E-state index is 12.3. The summed E-state index contributed by atoms with van der Waals surface area (Å²) in [6.07, 6.45) is -0.216. The molecular weight excluding hydrogens is 302 g/mol. The summed E-state index contributed by atoms with van der Waals surface area (Å²) in [6.45, 7) is 5.71. The van der Waals surface area contributed by atoms with Crippen molar-refractivity contribution in [3.63, 3.8) is 0 Å². The van der Waals surface area contributed by atoms with Gasteiger partial charge in [-0.05, 0) is 44.0 Å². The summed E-state index contributed by atoms with van der Waals surface area (Å²) in [5, 5.41) is 9.50. The molecule has 1 unspecified atom stereocenters. The zero-order valence-corrected chi connectivity index (χ0v) is 13.4. The average molecular weight is 322 g/mol. The Morgan fingerprint density at radius 1 is 1.45 bits per heavy atom. The highest BCUT2D eigenvalue weighted by molar-refractivity contribution is 7.89. The van der Waals surface area contributed by atoms with Gasteiger partial charge < -0.3 is 9.84 Å². The molecule has 114 valence electrons. The highest BCUT2D eigenvalue weighted by atomic mass is 35.5. The van der Waals surface area contributed by atoms with Crippen LogP contribution in [0.3, 0.4) is 0 Å². The molecule has 0 aliphatic heterocycles. The van der Waals surface area contributed by atoms with Crippen molar-refractivity contribution in [2.45, 2.75) is 38.4 Å². The summed E-state index contributed by atoms with van der Waals surface area (Å²) < 4.78 is 32.3. The van der Waals surface area contributed by atoms with Crippen LogP contribution < -0.4 is 4.72 Å². The summed E-state index contributed by atoms with van der Waals surface area (Å²) in [7, 11) is -3.68. The number of benzene rings is 1. The number of hydrogen-bond acceptors (Lipinski definition) is 4. The van der Waals surface area contributed by atoms with Crippen molar-refractivity contribution < 1.29 is 18.3 Å². The summed E-state index contributed by atoms with van der Waals surface area (Å²) in [5.41, 5.74) is 0.990. The van der Waals surface area contributed by atoms with Crippen LogP contribution >= 0.6 is 11.6 Å². The molecule has 0 saturated carbocycles. The van der Waals surface area contributed by atoms with E-state index in [9.17, 15) is 13.5 Å². The number of halogens is 1. The molecule has 0 aliphatic rings. The number of aliphatic hydroxyl groups excluding tert-OH is 1. The summed E-state index contributed by atoms with van der Waals surface area (Å²) >= 11 is 5.89. The lowest BCUT2D eigenvalue weighted by atomic mass is 10.1. The Bertz CT molecular complexity index is 560. The first-order chi connectivity index (χ1) is 9.31. The predicted octanol–water partition coefficient (Wildman–Crippen LogP) is 1.84. The van der Waals surface area contributed by atoms with Crippen molar-refractivity contribution in [2.75, 3.05) is 13.2 Å². The van der Waals surface area contributed by atoms with Gasteiger partial charge in [0.15, 0.2) is 0 Å². The van der Waals surface area contributed by atoms with Gasteiger partial charge in [-0.15, -0.1) is 0 Å². The molecule has 0 amide bonds. The second-order valence-corrected chi connectivity index (χ2v) is 6.64. The van der Waals surface area contributed by atoms with E-state index in [0.717, 1.165) is 0 Å². The van der Waals surface area contributed by atoms with Crippen LogP contribution in [0.25, 0.3) is 0 Å². The lowest BCUT2D eigenvalue weighted by Gasteiger charge is -2.15. The fraction of sp³-hybridized carbons (Fsp3) is 0.538. The zero-order valence-electron chi connectivity index (χ0n) is 11.8. The number of ether oxygens (including phenoxy) is 1. The van der Waals surface area contributed by atoms with Crippen LogP contribution in [-0.4, -0.2) is 32.8 Å². The minimum atomic E-state index is -3.68. The number of nitrogens with one attached hydrogen (secondary N) is 1. The molecule has 1 aromatic rings. The van der Waals surface area contributed by atoms with E-state index < -0.39 is 10.0 Å². The molecule has 0 fully saturated rings. The maximum Gasteiger partial charge on any atom is 0.240 e. The van der Waals surface area contributed by atoms with Gasteiger partial charge in [-0.3, -0.25) is 0 Å². The molecule has 0 aliphatic carbocycles. The first kappa shape index (κ1) is 17.4. The minimum absolute atomic E-state index is 0.0812. The van der Waals surface area contributed by atoms with Crippen molar-refractivity contribution in [1.29, 1.82) is 0 Å². The van der Waals surface area contributed by atoms with Crippen LogP contribution in [0.4, 0.5) is 0 Å². The normalized spacial score (nSPS) is 13.4. The molecule has 0 radical (unpaired) electrons. The maximum atomic E-state index is 12.3. The van der Waals surface area contributed by atoms with Gasteiger partial charge in [0.05, 0.1) is 17.6 Å². The lowest BCUT2D eigenvalue weighted by Crippen LogP contribution is -2.32. The van der Waals surface area contributed by atoms with E-state index in [-0.39, 0.29) is 29.2 Å². The van der Waals surface area contributed by atoms with Gasteiger partial charge in [-0.25, -0.2) is 13.1 Å². The van der Waals surface area contributed by atoms with E-state index in [2.05, 4.69) is 4.72 Å². The van der Waals surface area contributed by atoms with Gasteiger partial charge in [0.2, 0.25) is 10.0 Å². The van der Waals surface area contributed by atoms with Crippen molar-refractivity contribution in [2.24, 2.45) is 0 Å². The molecule has 0 bridgehead atoms. The van der Waals surface area contributed by atoms with Crippen LogP contribution in [0, 0.1) is 6.92 Å². The largest absolute Gasteiger partial charge is 0.392 e. The monoisotopic (exact) mass is 321 g/mol. The Kier molecular flexibility index (Phi) is 6.42. The Labute approximate surface area is 125 Å². The highest BCUT2D eigenvalue weighted by Gasteiger charge is 2.20. The SMILES string of the molecule is CCOC(C)CNS(=O)(=O)c1cc(Cl)cc(CO)c1C. The fourth-order valence-corrected chi connectivity index (χ4v) is 3.53. The van der Waals surface area contributed by atoms with Gasteiger partial charge in [0, 0.05) is 18.2 Å². The molecule has 1 rings (SSSR count). The third-order valence-electron chi connectivity index (χ3n) is 2.90. The Balaban J connectivity index is 3.01. The number of aliphatic hydroxyl groups is 1. The molecule has 1 atom stereocenters. The highest BCUT2D eigenvalue weighted by Crippen LogP contribution is 2.24. The van der Waals surface area contributed by atoms with Crippen molar-refractivity contribution in [3.05, 3.63) is 28.3 Å². The van der Waals surface area contributed by atoms with Crippen molar-refractivity contribution >= 4 is 21.6 Å². The zero-order chi connectivity index (χ0) is 15.3. The summed E-state index contributed by atoms with van der Waals surface area (Å²) in [6, 6.07) is 2.93. The van der Waals surface area contributed by atoms with Gasteiger partial charge in [0.25, 0.3) is 0 Å².